The molecule has 176 valence electrons. The number of hydrogen-bond acceptors (Lipinski definition) is 7. The molecule has 2 aliphatic heterocycles. The molecule has 9 nitrogen and oxygen atoms in total. The van der Waals surface area contributed by atoms with Crippen LogP contribution in [0.1, 0.15) is 30.3 Å². The van der Waals surface area contributed by atoms with Crippen molar-refractivity contribution in [2.45, 2.75) is 34.8 Å². The number of hydrogen-bond donors (Lipinski definition) is 1. The summed E-state index contributed by atoms with van der Waals surface area (Å²) in [6.45, 7) is 3.34. The second kappa shape index (κ2) is 9.60. The van der Waals surface area contributed by atoms with E-state index in [1.54, 1.807) is 28.0 Å². The number of sulfone groups is 1. The highest BCUT2D eigenvalue weighted by molar-refractivity contribution is 8.00. The zero-order chi connectivity index (χ0) is 23.6. The minimum atomic E-state index is -3.71. The highest BCUT2D eigenvalue weighted by atomic mass is 32.2. The molecule has 1 aromatic heterocycles. The molecule has 1 saturated heterocycles. The predicted octanol–water partition coefficient (Wildman–Crippen LogP) is 2.25. The van der Waals surface area contributed by atoms with Crippen molar-refractivity contribution in [1.29, 1.82) is 0 Å². The van der Waals surface area contributed by atoms with Crippen LogP contribution in [-0.4, -0.2) is 73.1 Å². The number of rotatable bonds is 5. The zero-order valence-corrected chi connectivity index (χ0v) is 19.8. The molecule has 0 aliphatic carbocycles. The summed E-state index contributed by atoms with van der Waals surface area (Å²) in [5.41, 5.74) is 0.485. The first-order valence-electron chi connectivity index (χ1n) is 10.7. The van der Waals surface area contributed by atoms with E-state index in [0.29, 0.717) is 38.3 Å². The molecule has 0 radical (unpaired) electrons. The minimum absolute atomic E-state index is 0.0818. The van der Waals surface area contributed by atoms with Gasteiger partial charge in [0.2, 0.25) is 11.8 Å². The van der Waals surface area contributed by atoms with Crippen LogP contribution in [0.4, 0.5) is 5.69 Å². The third kappa shape index (κ3) is 5.41. The summed E-state index contributed by atoms with van der Waals surface area (Å²) in [5, 5.41) is 2.87. The molecule has 1 N–H and O–H groups in total. The van der Waals surface area contributed by atoms with Crippen molar-refractivity contribution in [3.63, 3.8) is 0 Å². The van der Waals surface area contributed by atoms with E-state index < -0.39 is 9.84 Å². The molecule has 0 saturated carbocycles. The third-order valence-electron chi connectivity index (χ3n) is 5.62. The summed E-state index contributed by atoms with van der Waals surface area (Å²) < 4.78 is 30.8. The number of amides is 3. The van der Waals surface area contributed by atoms with Crippen LogP contribution in [0.25, 0.3) is 0 Å². The molecule has 1 atom stereocenters. The molecular weight excluding hydrogens is 466 g/mol. The van der Waals surface area contributed by atoms with Crippen LogP contribution in [0.5, 0.6) is 0 Å². The maximum Gasteiger partial charge on any atom is 0.289 e. The van der Waals surface area contributed by atoms with Gasteiger partial charge in [-0.25, -0.2) is 8.42 Å². The second-order valence-electron chi connectivity index (χ2n) is 8.06. The largest absolute Gasteiger partial charge is 0.459 e. The third-order valence-corrected chi connectivity index (χ3v) is 8.51. The van der Waals surface area contributed by atoms with Crippen LogP contribution in [-0.2, 0) is 19.4 Å². The Balaban J connectivity index is 1.34. The number of thioether (sulfide) groups is 1. The van der Waals surface area contributed by atoms with E-state index in [-0.39, 0.29) is 45.8 Å². The van der Waals surface area contributed by atoms with Crippen LogP contribution in [0, 0.1) is 0 Å². The van der Waals surface area contributed by atoms with Gasteiger partial charge in [0.1, 0.15) is 0 Å². The Bertz CT molecular complexity index is 1150. The molecular formula is C22H25N3O6S2. The van der Waals surface area contributed by atoms with Gasteiger partial charge in [0.25, 0.3) is 5.91 Å². The number of benzene rings is 1. The molecule has 3 amide bonds. The van der Waals surface area contributed by atoms with Crippen LogP contribution in [0.15, 0.2) is 50.8 Å². The van der Waals surface area contributed by atoms with E-state index >= 15 is 0 Å². The molecule has 0 bridgehead atoms. The number of carbonyl (C=O) groups is 3. The molecule has 3 heterocycles. The van der Waals surface area contributed by atoms with Crippen LogP contribution in [0.3, 0.4) is 0 Å². The minimum Gasteiger partial charge on any atom is -0.459 e. The first-order valence-corrected chi connectivity index (χ1v) is 13.2. The van der Waals surface area contributed by atoms with Gasteiger partial charge in [0, 0.05) is 49.2 Å². The topological polar surface area (TPSA) is 117 Å². The molecule has 0 unspecified atom stereocenters. The summed E-state index contributed by atoms with van der Waals surface area (Å²) >= 11 is 1.52. The normalized spacial score (nSPS) is 18.9. The van der Waals surface area contributed by atoms with E-state index in [9.17, 15) is 22.8 Å². The molecule has 33 heavy (non-hydrogen) atoms. The Morgan fingerprint density at radius 3 is 2.58 bits per heavy atom. The Morgan fingerprint density at radius 2 is 1.88 bits per heavy atom. The average molecular weight is 492 g/mol. The molecule has 0 spiro atoms. The first kappa shape index (κ1) is 23.4. The smallest absolute Gasteiger partial charge is 0.289 e. The quantitative estimate of drug-likeness (QED) is 0.682. The van der Waals surface area contributed by atoms with Crippen molar-refractivity contribution in [2.75, 3.05) is 37.2 Å². The number of furan rings is 1. The zero-order valence-electron chi connectivity index (χ0n) is 18.2. The first-order chi connectivity index (χ1) is 15.7. The van der Waals surface area contributed by atoms with Gasteiger partial charge in [-0.3, -0.25) is 14.4 Å². The maximum absolute atomic E-state index is 12.9. The van der Waals surface area contributed by atoms with Gasteiger partial charge in [0.05, 0.1) is 22.6 Å². The summed E-state index contributed by atoms with van der Waals surface area (Å²) in [5.74, 6) is -0.712. The van der Waals surface area contributed by atoms with Gasteiger partial charge >= 0.3 is 0 Å². The molecule has 4 rings (SSSR count). The molecule has 11 heteroatoms. The molecule has 2 aromatic rings. The van der Waals surface area contributed by atoms with E-state index in [4.69, 9.17) is 4.42 Å². The maximum atomic E-state index is 12.9. The van der Waals surface area contributed by atoms with E-state index in [2.05, 4.69) is 5.32 Å². The number of piperazine rings is 1. The van der Waals surface area contributed by atoms with E-state index in [1.807, 2.05) is 6.92 Å². The van der Waals surface area contributed by atoms with Gasteiger partial charge in [-0.1, -0.05) is 6.92 Å². The Hall–Kier alpha value is -2.79. The number of anilines is 1. The van der Waals surface area contributed by atoms with Crippen molar-refractivity contribution in [1.82, 2.24) is 9.80 Å². The predicted molar refractivity (Wildman–Crippen MR) is 123 cm³/mol. The highest BCUT2D eigenvalue weighted by Crippen LogP contribution is 2.36. The van der Waals surface area contributed by atoms with Crippen LogP contribution in [0.2, 0.25) is 0 Å². The summed E-state index contributed by atoms with van der Waals surface area (Å²) in [7, 11) is -3.71. The van der Waals surface area contributed by atoms with Gasteiger partial charge < -0.3 is 19.5 Å². The van der Waals surface area contributed by atoms with Gasteiger partial charge in [-0.2, -0.15) is 0 Å². The van der Waals surface area contributed by atoms with E-state index in [1.165, 1.54) is 30.2 Å². The highest BCUT2D eigenvalue weighted by Gasteiger charge is 2.28. The summed E-state index contributed by atoms with van der Waals surface area (Å²) in [6, 6.07) is 7.93. The Kier molecular flexibility index (Phi) is 6.80. The second-order valence-corrected chi connectivity index (χ2v) is 11.6. The van der Waals surface area contributed by atoms with Crippen molar-refractivity contribution in [3.05, 3.63) is 42.4 Å². The van der Waals surface area contributed by atoms with Gasteiger partial charge in [-0.15, -0.1) is 11.8 Å². The Labute approximate surface area is 196 Å². The lowest BCUT2D eigenvalue weighted by molar-refractivity contribution is -0.132. The van der Waals surface area contributed by atoms with E-state index in [0.717, 1.165) is 4.90 Å². The number of fused-ring (bicyclic) bond motifs is 1. The van der Waals surface area contributed by atoms with Gasteiger partial charge in [0.15, 0.2) is 15.6 Å². The molecule has 1 aromatic carbocycles. The van der Waals surface area contributed by atoms with Crippen LogP contribution < -0.4 is 5.32 Å². The van der Waals surface area contributed by atoms with Crippen molar-refractivity contribution in [3.8, 4) is 0 Å². The molecule has 1 fully saturated rings. The Morgan fingerprint density at radius 1 is 1.15 bits per heavy atom. The fourth-order valence-electron chi connectivity index (χ4n) is 3.84. The van der Waals surface area contributed by atoms with Crippen molar-refractivity contribution >= 4 is 45.0 Å². The SMILES string of the molecule is C[C@H]1CC(=O)Nc2cc(S(=O)(=O)CCC(=O)N3CCN(C(=O)c4ccco4)CC3)ccc2S1. The van der Waals surface area contributed by atoms with Crippen molar-refractivity contribution < 1.29 is 27.2 Å². The summed E-state index contributed by atoms with van der Waals surface area (Å²) in [6.07, 6.45) is 1.64. The summed E-state index contributed by atoms with van der Waals surface area (Å²) in [4.78, 5) is 41.0. The molecule has 2 aliphatic rings. The average Bonchev–Trinajstić information content (AvgIpc) is 3.28. The van der Waals surface area contributed by atoms with Crippen LogP contribution >= 0.6 is 11.8 Å². The fourth-order valence-corrected chi connectivity index (χ4v) is 6.14. The van der Waals surface area contributed by atoms with Crippen molar-refractivity contribution in [2.24, 2.45) is 0 Å². The lowest BCUT2D eigenvalue weighted by Gasteiger charge is -2.34. The standard InChI is InChI=1S/C22H25N3O6S2/c1-15-13-20(26)23-17-14-16(4-5-19(17)32-15)33(29,30)12-6-21(27)24-7-9-25(10-8-24)22(28)18-3-2-11-31-18/h2-5,11,14-15H,6-10,12-13H2,1H3,(H,23,26)/t15-/m0/s1. The van der Waals surface area contributed by atoms with Gasteiger partial charge in [-0.05, 0) is 30.3 Å². The number of carbonyl (C=O) groups excluding carboxylic acids is 3. The number of nitrogens with zero attached hydrogens (tertiary/aromatic N) is 2. The lowest BCUT2D eigenvalue weighted by Crippen LogP contribution is -2.50. The monoisotopic (exact) mass is 491 g/mol. The lowest BCUT2D eigenvalue weighted by atomic mass is 10.2. The fraction of sp³-hybridized carbons (Fsp3) is 0.409. The number of nitrogens with one attached hydrogen (secondary N) is 1.